The number of likely N-dealkylation sites (tertiary alicyclic amines) is 1. The fourth-order valence-corrected chi connectivity index (χ4v) is 3.93. The highest BCUT2D eigenvalue weighted by Crippen LogP contribution is 2.23. The Labute approximate surface area is 163 Å². The lowest BCUT2D eigenvalue weighted by molar-refractivity contribution is 0.0862. The van der Waals surface area contributed by atoms with Crippen LogP contribution in [0, 0.1) is 11.8 Å². The fourth-order valence-electron chi connectivity index (χ4n) is 3.66. The molecule has 26 heavy (non-hydrogen) atoms. The largest absolute Gasteiger partial charge is 0.355 e. The standard InChI is InChI=1S/C20H26BrN3O2/c1-13-8-14(2)12-24(11-13)15(3)10-22-20(25)18-9-19(26-23-18)16-4-6-17(21)7-5-16/h4-7,9,13-15H,8,10-12H2,1-3H3,(H,22,25)/t13-,14-,15+/m1/s1. The van der Waals surface area contributed by atoms with Crippen molar-refractivity contribution in [3.8, 4) is 11.3 Å². The molecule has 3 rings (SSSR count). The number of benzene rings is 1. The second-order valence-electron chi connectivity index (χ2n) is 7.54. The van der Waals surface area contributed by atoms with Crippen LogP contribution in [-0.2, 0) is 0 Å². The molecule has 1 aliphatic rings. The molecule has 6 heteroatoms. The number of carbonyl (C=O) groups excluding carboxylic acids is 1. The smallest absolute Gasteiger partial charge is 0.273 e. The molecule has 3 atom stereocenters. The van der Waals surface area contributed by atoms with Gasteiger partial charge >= 0.3 is 0 Å². The van der Waals surface area contributed by atoms with Gasteiger partial charge in [0, 0.05) is 41.8 Å². The summed E-state index contributed by atoms with van der Waals surface area (Å²) in [7, 11) is 0. The zero-order valence-electron chi connectivity index (χ0n) is 15.5. The SMILES string of the molecule is C[C@@H]1C[C@@H](C)CN([C@@H](C)CNC(=O)c2cc(-c3ccc(Br)cc3)on2)C1. The van der Waals surface area contributed by atoms with Gasteiger partial charge < -0.3 is 9.84 Å². The Bertz CT molecular complexity index is 734. The second-order valence-corrected chi connectivity index (χ2v) is 8.46. The van der Waals surface area contributed by atoms with E-state index in [1.54, 1.807) is 6.07 Å². The zero-order valence-corrected chi connectivity index (χ0v) is 17.1. The van der Waals surface area contributed by atoms with Crippen LogP contribution in [0.3, 0.4) is 0 Å². The molecule has 0 bridgehead atoms. The van der Waals surface area contributed by atoms with Crippen molar-refractivity contribution >= 4 is 21.8 Å². The van der Waals surface area contributed by atoms with Crippen molar-refractivity contribution in [2.24, 2.45) is 11.8 Å². The highest BCUT2D eigenvalue weighted by molar-refractivity contribution is 9.10. The molecule has 1 aromatic heterocycles. The predicted molar refractivity (Wildman–Crippen MR) is 106 cm³/mol. The topological polar surface area (TPSA) is 58.4 Å². The number of halogens is 1. The minimum atomic E-state index is -0.193. The minimum absolute atomic E-state index is 0.193. The Morgan fingerprint density at radius 1 is 1.31 bits per heavy atom. The van der Waals surface area contributed by atoms with Crippen LogP contribution in [0.4, 0.5) is 0 Å². The van der Waals surface area contributed by atoms with Crippen molar-refractivity contribution in [2.75, 3.05) is 19.6 Å². The molecule has 1 saturated heterocycles. The number of carbonyl (C=O) groups is 1. The molecule has 1 N–H and O–H groups in total. The number of nitrogens with one attached hydrogen (secondary N) is 1. The van der Waals surface area contributed by atoms with Crippen LogP contribution in [0.2, 0.25) is 0 Å². The molecule has 5 nitrogen and oxygen atoms in total. The molecular weight excluding hydrogens is 394 g/mol. The highest BCUT2D eigenvalue weighted by atomic mass is 79.9. The van der Waals surface area contributed by atoms with Crippen molar-refractivity contribution < 1.29 is 9.32 Å². The fraction of sp³-hybridized carbons (Fsp3) is 0.500. The molecule has 1 aliphatic heterocycles. The van der Waals surface area contributed by atoms with Crippen LogP contribution in [0.25, 0.3) is 11.3 Å². The summed E-state index contributed by atoms with van der Waals surface area (Å²) in [5.41, 5.74) is 1.21. The number of hydrogen-bond acceptors (Lipinski definition) is 4. The normalized spacial score (nSPS) is 22.2. The minimum Gasteiger partial charge on any atom is -0.355 e. The first-order valence-corrected chi connectivity index (χ1v) is 9.96. The van der Waals surface area contributed by atoms with Gasteiger partial charge in [-0.3, -0.25) is 9.69 Å². The Hall–Kier alpha value is -1.66. The molecule has 0 spiro atoms. The molecule has 140 valence electrons. The first kappa shape index (κ1) is 19.1. The zero-order chi connectivity index (χ0) is 18.7. The molecule has 0 unspecified atom stereocenters. The summed E-state index contributed by atoms with van der Waals surface area (Å²) < 4.78 is 6.32. The van der Waals surface area contributed by atoms with Gasteiger partial charge in [-0.15, -0.1) is 0 Å². The van der Waals surface area contributed by atoms with Crippen molar-refractivity contribution in [2.45, 2.75) is 33.2 Å². The lowest BCUT2D eigenvalue weighted by atomic mass is 9.91. The van der Waals surface area contributed by atoms with Gasteiger partial charge in [-0.05, 0) is 37.3 Å². The van der Waals surface area contributed by atoms with Crippen LogP contribution in [0.1, 0.15) is 37.7 Å². The summed E-state index contributed by atoms with van der Waals surface area (Å²) in [5, 5.41) is 6.91. The van der Waals surface area contributed by atoms with Gasteiger partial charge in [-0.2, -0.15) is 0 Å². The van der Waals surface area contributed by atoms with Gasteiger partial charge in [0.1, 0.15) is 0 Å². The van der Waals surface area contributed by atoms with Crippen molar-refractivity contribution in [1.82, 2.24) is 15.4 Å². The van der Waals surface area contributed by atoms with E-state index in [4.69, 9.17) is 4.52 Å². The first-order chi connectivity index (χ1) is 12.4. The molecule has 2 aromatic rings. The van der Waals surface area contributed by atoms with E-state index >= 15 is 0 Å². The monoisotopic (exact) mass is 419 g/mol. The summed E-state index contributed by atoms with van der Waals surface area (Å²) in [5.74, 6) is 1.82. The maximum Gasteiger partial charge on any atom is 0.273 e. The van der Waals surface area contributed by atoms with Crippen LogP contribution in [-0.4, -0.2) is 41.6 Å². The van der Waals surface area contributed by atoms with E-state index < -0.39 is 0 Å². The molecule has 0 saturated carbocycles. The molecule has 0 aliphatic carbocycles. The molecular formula is C20H26BrN3O2. The van der Waals surface area contributed by atoms with E-state index in [1.807, 2.05) is 24.3 Å². The van der Waals surface area contributed by atoms with E-state index in [0.29, 0.717) is 35.9 Å². The third-order valence-electron chi connectivity index (χ3n) is 4.95. The number of nitrogens with zero attached hydrogens (tertiary/aromatic N) is 2. The number of hydrogen-bond donors (Lipinski definition) is 1. The van der Waals surface area contributed by atoms with E-state index in [9.17, 15) is 4.79 Å². The van der Waals surface area contributed by atoms with Crippen molar-refractivity contribution in [3.63, 3.8) is 0 Å². The lowest BCUT2D eigenvalue weighted by Gasteiger charge is -2.38. The van der Waals surface area contributed by atoms with Gasteiger partial charge in [0.2, 0.25) is 0 Å². The molecule has 1 aromatic carbocycles. The predicted octanol–water partition coefficient (Wildman–Crippen LogP) is 4.20. The van der Waals surface area contributed by atoms with Crippen LogP contribution in [0.15, 0.2) is 39.3 Å². The van der Waals surface area contributed by atoms with E-state index in [2.05, 4.69) is 52.1 Å². The highest BCUT2D eigenvalue weighted by Gasteiger charge is 2.25. The number of piperidine rings is 1. The van der Waals surface area contributed by atoms with Crippen molar-refractivity contribution in [3.05, 3.63) is 40.5 Å². The van der Waals surface area contributed by atoms with Crippen LogP contribution < -0.4 is 5.32 Å². The van der Waals surface area contributed by atoms with Gasteiger partial charge in [0.05, 0.1) is 0 Å². The van der Waals surface area contributed by atoms with Crippen LogP contribution >= 0.6 is 15.9 Å². The number of rotatable bonds is 5. The Morgan fingerprint density at radius 2 is 1.96 bits per heavy atom. The molecule has 1 fully saturated rings. The third-order valence-corrected chi connectivity index (χ3v) is 5.48. The lowest BCUT2D eigenvalue weighted by Crippen LogP contribution is -2.48. The summed E-state index contributed by atoms with van der Waals surface area (Å²) >= 11 is 3.41. The molecule has 0 radical (unpaired) electrons. The first-order valence-electron chi connectivity index (χ1n) is 9.17. The van der Waals surface area contributed by atoms with Gasteiger partial charge in [0.25, 0.3) is 5.91 Å². The summed E-state index contributed by atoms with van der Waals surface area (Å²) in [6, 6.07) is 9.70. The summed E-state index contributed by atoms with van der Waals surface area (Å²) in [4.78, 5) is 14.9. The Balaban J connectivity index is 1.56. The van der Waals surface area contributed by atoms with Gasteiger partial charge in [-0.25, -0.2) is 0 Å². The quantitative estimate of drug-likeness (QED) is 0.788. The molecule has 1 amide bonds. The number of amides is 1. The average molecular weight is 420 g/mol. The third kappa shape index (κ3) is 4.74. The summed E-state index contributed by atoms with van der Waals surface area (Å²) in [6.07, 6.45) is 1.29. The average Bonchev–Trinajstić information content (AvgIpc) is 3.09. The molecule has 2 heterocycles. The van der Waals surface area contributed by atoms with Gasteiger partial charge in [0.15, 0.2) is 11.5 Å². The summed E-state index contributed by atoms with van der Waals surface area (Å²) in [6.45, 7) is 9.57. The maximum atomic E-state index is 12.4. The Morgan fingerprint density at radius 3 is 2.62 bits per heavy atom. The van der Waals surface area contributed by atoms with E-state index in [0.717, 1.165) is 23.1 Å². The number of aromatic nitrogens is 1. The maximum absolute atomic E-state index is 12.4. The van der Waals surface area contributed by atoms with Gasteiger partial charge in [-0.1, -0.05) is 47.1 Å². The van der Waals surface area contributed by atoms with Crippen molar-refractivity contribution in [1.29, 1.82) is 0 Å². The van der Waals surface area contributed by atoms with E-state index in [1.165, 1.54) is 6.42 Å². The van der Waals surface area contributed by atoms with Crippen LogP contribution in [0.5, 0.6) is 0 Å². The Kier molecular flexibility index (Phi) is 6.14. The second kappa shape index (κ2) is 8.35. The van der Waals surface area contributed by atoms with E-state index in [-0.39, 0.29) is 5.91 Å².